The number of carbonyl (C=O) groups excluding carboxylic acids is 2. The summed E-state index contributed by atoms with van der Waals surface area (Å²) < 4.78 is 34.0. The molecule has 0 aliphatic heterocycles. The molecule has 3 aromatic rings. The minimum absolute atomic E-state index is 0.0441. The van der Waals surface area contributed by atoms with Gasteiger partial charge in [-0.05, 0) is 73.9 Å². The number of methoxy groups -OCH3 is 1. The largest absolute Gasteiger partial charge is 0.497 e. The van der Waals surface area contributed by atoms with Crippen molar-refractivity contribution in [2.45, 2.75) is 44.7 Å². The van der Waals surface area contributed by atoms with Gasteiger partial charge in [0.05, 0.1) is 17.7 Å². The fourth-order valence-corrected chi connectivity index (χ4v) is 5.76. The summed E-state index contributed by atoms with van der Waals surface area (Å²) in [6.07, 6.45) is 0.740. The molecular formula is C29H34ClN3O5S. The quantitative estimate of drug-likeness (QED) is 0.337. The number of carbonyl (C=O) groups is 2. The van der Waals surface area contributed by atoms with Crippen molar-refractivity contribution in [2.24, 2.45) is 0 Å². The van der Waals surface area contributed by atoms with Crippen LogP contribution in [0.2, 0.25) is 5.02 Å². The molecule has 0 radical (unpaired) electrons. The molecule has 0 aliphatic carbocycles. The highest BCUT2D eigenvalue weighted by Crippen LogP contribution is 2.29. The van der Waals surface area contributed by atoms with Gasteiger partial charge in [0.15, 0.2) is 0 Å². The second-order valence-corrected chi connectivity index (χ2v) is 11.4. The minimum Gasteiger partial charge on any atom is -0.497 e. The van der Waals surface area contributed by atoms with Crippen LogP contribution in [0.4, 0.5) is 5.69 Å². The molecule has 8 nitrogen and oxygen atoms in total. The molecule has 39 heavy (non-hydrogen) atoms. The Labute approximate surface area is 235 Å². The Morgan fingerprint density at radius 2 is 1.69 bits per heavy atom. The molecule has 208 valence electrons. The standard InChI is InChI=1S/C29H34ClN3O5S/c1-5-17-31-29(35)22(3)32(19-23-11-14-25(38-4)15-12-23)28(34)20-33(27-16-13-24(30)18-21(27)2)39(36,37)26-9-7-6-8-10-26/h6-16,18,22H,5,17,19-20H2,1-4H3,(H,31,35)/t22-/m0/s1. The van der Waals surface area contributed by atoms with Gasteiger partial charge < -0.3 is 15.0 Å². The summed E-state index contributed by atoms with van der Waals surface area (Å²) >= 11 is 6.14. The Hall–Kier alpha value is -3.56. The molecule has 3 rings (SSSR count). The Bertz CT molecular complexity index is 1380. The van der Waals surface area contributed by atoms with Crippen LogP contribution >= 0.6 is 11.6 Å². The van der Waals surface area contributed by atoms with Gasteiger partial charge in [-0.2, -0.15) is 0 Å². The third-order valence-electron chi connectivity index (χ3n) is 6.27. The van der Waals surface area contributed by atoms with Crippen molar-refractivity contribution >= 4 is 39.1 Å². The van der Waals surface area contributed by atoms with E-state index in [1.54, 1.807) is 81.6 Å². The van der Waals surface area contributed by atoms with E-state index in [0.717, 1.165) is 16.3 Å². The molecule has 10 heteroatoms. The molecule has 0 heterocycles. The van der Waals surface area contributed by atoms with Crippen molar-refractivity contribution in [1.82, 2.24) is 10.2 Å². The molecular weight excluding hydrogens is 538 g/mol. The molecule has 0 aliphatic rings. The van der Waals surface area contributed by atoms with Crippen LogP contribution in [0.1, 0.15) is 31.4 Å². The van der Waals surface area contributed by atoms with Crippen LogP contribution in [0.5, 0.6) is 5.75 Å². The highest BCUT2D eigenvalue weighted by molar-refractivity contribution is 7.92. The van der Waals surface area contributed by atoms with E-state index in [2.05, 4.69) is 5.32 Å². The maximum atomic E-state index is 13.9. The van der Waals surface area contributed by atoms with E-state index in [9.17, 15) is 18.0 Å². The Morgan fingerprint density at radius 3 is 2.28 bits per heavy atom. The highest BCUT2D eigenvalue weighted by atomic mass is 35.5. The van der Waals surface area contributed by atoms with Crippen molar-refractivity contribution in [1.29, 1.82) is 0 Å². The topological polar surface area (TPSA) is 96.0 Å². The fourth-order valence-electron chi connectivity index (χ4n) is 4.04. The average Bonchev–Trinajstić information content (AvgIpc) is 2.94. The van der Waals surface area contributed by atoms with Crippen LogP contribution < -0.4 is 14.4 Å². The number of hydrogen-bond donors (Lipinski definition) is 1. The van der Waals surface area contributed by atoms with Gasteiger partial charge in [0, 0.05) is 18.1 Å². The Morgan fingerprint density at radius 1 is 1.03 bits per heavy atom. The third kappa shape index (κ3) is 7.52. The van der Waals surface area contributed by atoms with Gasteiger partial charge in [-0.3, -0.25) is 13.9 Å². The number of aryl methyl sites for hydroxylation is 1. The smallest absolute Gasteiger partial charge is 0.264 e. The monoisotopic (exact) mass is 571 g/mol. The van der Waals surface area contributed by atoms with Crippen LogP contribution in [0.3, 0.4) is 0 Å². The molecule has 0 saturated heterocycles. The number of nitrogens with one attached hydrogen (secondary N) is 1. The maximum absolute atomic E-state index is 13.9. The number of benzene rings is 3. The summed E-state index contributed by atoms with van der Waals surface area (Å²) in [6, 6.07) is 19.0. The lowest BCUT2D eigenvalue weighted by atomic mass is 10.1. The van der Waals surface area contributed by atoms with Crippen molar-refractivity contribution in [3.63, 3.8) is 0 Å². The summed E-state index contributed by atoms with van der Waals surface area (Å²) in [5.41, 5.74) is 1.67. The van der Waals surface area contributed by atoms with Gasteiger partial charge in [0.25, 0.3) is 10.0 Å². The number of nitrogens with zero attached hydrogens (tertiary/aromatic N) is 2. The lowest BCUT2D eigenvalue weighted by Gasteiger charge is -2.32. The number of hydrogen-bond acceptors (Lipinski definition) is 5. The van der Waals surface area contributed by atoms with E-state index in [1.165, 1.54) is 17.0 Å². The van der Waals surface area contributed by atoms with E-state index >= 15 is 0 Å². The average molecular weight is 572 g/mol. The van der Waals surface area contributed by atoms with Crippen LogP contribution in [-0.4, -0.2) is 51.4 Å². The lowest BCUT2D eigenvalue weighted by Crippen LogP contribution is -2.51. The molecule has 0 spiro atoms. The van der Waals surface area contributed by atoms with E-state index < -0.39 is 28.5 Å². The first-order valence-electron chi connectivity index (χ1n) is 12.6. The number of ether oxygens (including phenoxy) is 1. The number of rotatable bonds is 12. The summed E-state index contributed by atoms with van der Waals surface area (Å²) in [5, 5.41) is 3.27. The molecule has 0 unspecified atom stereocenters. The van der Waals surface area contributed by atoms with Crippen LogP contribution in [0.25, 0.3) is 0 Å². The predicted molar refractivity (Wildman–Crippen MR) is 153 cm³/mol. The second kappa shape index (κ2) is 13.5. The SMILES string of the molecule is CCCNC(=O)[C@H](C)N(Cc1ccc(OC)cc1)C(=O)CN(c1ccc(Cl)cc1C)S(=O)(=O)c1ccccc1. The van der Waals surface area contributed by atoms with Gasteiger partial charge >= 0.3 is 0 Å². The normalized spacial score (nSPS) is 11.9. The first-order chi connectivity index (χ1) is 18.6. The van der Waals surface area contributed by atoms with Crippen molar-refractivity contribution in [2.75, 3.05) is 24.5 Å². The number of halogens is 1. The van der Waals surface area contributed by atoms with Gasteiger partial charge in [0.1, 0.15) is 18.3 Å². The summed E-state index contributed by atoms with van der Waals surface area (Å²) in [6.45, 7) is 5.35. The predicted octanol–water partition coefficient (Wildman–Crippen LogP) is 4.80. The first kappa shape index (κ1) is 30.0. The van der Waals surface area contributed by atoms with Gasteiger partial charge in [-0.1, -0.05) is 48.9 Å². The van der Waals surface area contributed by atoms with Crippen LogP contribution in [0.15, 0.2) is 77.7 Å². The molecule has 1 N–H and O–H groups in total. The summed E-state index contributed by atoms with van der Waals surface area (Å²) in [5.74, 6) is -0.193. The Balaban J connectivity index is 2.03. The van der Waals surface area contributed by atoms with E-state index in [-0.39, 0.29) is 17.3 Å². The van der Waals surface area contributed by atoms with Gasteiger partial charge in [0.2, 0.25) is 11.8 Å². The number of anilines is 1. The molecule has 1 atom stereocenters. The lowest BCUT2D eigenvalue weighted by molar-refractivity contribution is -0.139. The van der Waals surface area contributed by atoms with Crippen molar-refractivity contribution in [3.05, 3.63) is 88.9 Å². The number of amides is 2. The van der Waals surface area contributed by atoms with Crippen molar-refractivity contribution in [3.8, 4) is 5.75 Å². The van der Waals surface area contributed by atoms with E-state index in [1.807, 2.05) is 6.92 Å². The summed E-state index contributed by atoms with van der Waals surface area (Å²) in [7, 11) is -2.57. The number of sulfonamides is 1. The first-order valence-corrected chi connectivity index (χ1v) is 14.4. The molecule has 0 aromatic heterocycles. The van der Waals surface area contributed by atoms with Crippen LogP contribution in [0, 0.1) is 6.92 Å². The molecule has 0 bridgehead atoms. The zero-order valence-corrected chi connectivity index (χ0v) is 24.1. The molecule has 0 fully saturated rings. The highest BCUT2D eigenvalue weighted by Gasteiger charge is 2.33. The Kier molecular flexibility index (Phi) is 10.4. The molecule has 3 aromatic carbocycles. The summed E-state index contributed by atoms with van der Waals surface area (Å²) in [4.78, 5) is 28.3. The zero-order chi connectivity index (χ0) is 28.6. The van der Waals surface area contributed by atoms with Crippen LogP contribution in [-0.2, 0) is 26.2 Å². The maximum Gasteiger partial charge on any atom is 0.264 e. The molecule has 2 amide bonds. The molecule has 0 saturated carbocycles. The third-order valence-corrected chi connectivity index (χ3v) is 8.28. The zero-order valence-electron chi connectivity index (χ0n) is 22.6. The fraction of sp³-hybridized carbons (Fsp3) is 0.310. The second-order valence-electron chi connectivity index (χ2n) is 9.09. The van der Waals surface area contributed by atoms with E-state index in [0.29, 0.717) is 28.6 Å². The van der Waals surface area contributed by atoms with E-state index in [4.69, 9.17) is 16.3 Å². The van der Waals surface area contributed by atoms with Gasteiger partial charge in [-0.25, -0.2) is 8.42 Å². The van der Waals surface area contributed by atoms with Gasteiger partial charge in [-0.15, -0.1) is 0 Å². The van der Waals surface area contributed by atoms with Crippen molar-refractivity contribution < 1.29 is 22.7 Å². The minimum atomic E-state index is -4.13.